The molecule has 3 rings (SSSR count). The van der Waals surface area contributed by atoms with Crippen molar-refractivity contribution in [2.45, 2.75) is 19.3 Å². The molecule has 1 aromatic heterocycles. The Morgan fingerprint density at radius 3 is 2.56 bits per heavy atom. The molecular weight excluding hydrogens is 340 g/mol. The number of nitrogens with zero attached hydrogens (tertiary/aromatic N) is 2. The maximum absolute atomic E-state index is 12.6. The number of hydrogen-bond acceptors (Lipinski definition) is 5. The van der Waals surface area contributed by atoms with Crippen LogP contribution in [-0.2, 0) is 4.79 Å². The first-order chi connectivity index (χ1) is 12.1. The Hall–Kier alpha value is -2.41. The van der Waals surface area contributed by atoms with E-state index >= 15 is 0 Å². The molecule has 1 fully saturated rings. The van der Waals surface area contributed by atoms with E-state index in [1.54, 1.807) is 18.2 Å². The van der Waals surface area contributed by atoms with Crippen molar-refractivity contribution in [3.05, 3.63) is 35.3 Å². The lowest BCUT2D eigenvalue weighted by Gasteiger charge is -2.30. The molecule has 0 radical (unpaired) electrons. The summed E-state index contributed by atoms with van der Waals surface area (Å²) in [5, 5.41) is 9.67. The van der Waals surface area contributed by atoms with Gasteiger partial charge in [0.05, 0.1) is 13.3 Å². The van der Waals surface area contributed by atoms with E-state index in [0.717, 1.165) is 29.2 Å². The number of amides is 1. The van der Waals surface area contributed by atoms with Gasteiger partial charge in [-0.25, -0.2) is 4.98 Å². The number of carbonyl (C=O) groups is 2. The van der Waals surface area contributed by atoms with Gasteiger partial charge in [-0.15, -0.1) is 11.3 Å². The fourth-order valence-electron chi connectivity index (χ4n) is 2.98. The first-order valence-corrected chi connectivity index (χ1v) is 9.00. The molecule has 0 saturated carbocycles. The molecule has 0 bridgehead atoms. The Bertz CT molecular complexity index is 749. The third kappa shape index (κ3) is 4.17. The number of carboxylic acids is 1. The Kier molecular flexibility index (Phi) is 5.33. The molecular formula is C18H20N2O4S. The van der Waals surface area contributed by atoms with E-state index in [4.69, 9.17) is 9.84 Å². The van der Waals surface area contributed by atoms with Gasteiger partial charge in [0.15, 0.2) is 0 Å². The molecule has 2 heterocycles. The van der Waals surface area contributed by atoms with Gasteiger partial charge < -0.3 is 14.7 Å². The van der Waals surface area contributed by atoms with Crippen LogP contribution in [0.1, 0.15) is 28.9 Å². The minimum Gasteiger partial charge on any atom is -0.497 e. The van der Waals surface area contributed by atoms with Crippen molar-refractivity contribution in [1.29, 1.82) is 0 Å². The number of likely N-dealkylation sites (tertiary alicyclic amines) is 1. The third-order valence-corrected chi connectivity index (χ3v) is 5.45. The smallest absolute Gasteiger partial charge is 0.303 e. The third-order valence-electron chi connectivity index (χ3n) is 4.42. The van der Waals surface area contributed by atoms with E-state index in [2.05, 4.69) is 4.98 Å². The van der Waals surface area contributed by atoms with Crippen LogP contribution in [0, 0.1) is 5.92 Å². The summed E-state index contributed by atoms with van der Waals surface area (Å²) in [6, 6.07) is 7.57. The molecule has 0 spiro atoms. The fraction of sp³-hybridized carbons (Fsp3) is 0.389. The van der Waals surface area contributed by atoms with Gasteiger partial charge in [0.2, 0.25) is 0 Å². The van der Waals surface area contributed by atoms with Crippen LogP contribution in [0.3, 0.4) is 0 Å². The molecule has 1 aliphatic rings. The summed E-state index contributed by atoms with van der Waals surface area (Å²) in [6.07, 6.45) is 3.28. The summed E-state index contributed by atoms with van der Waals surface area (Å²) >= 11 is 1.38. The number of ether oxygens (including phenoxy) is 1. The molecule has 1 amide bonds. The second kappa shape index (κ2) is 7.65. The number of methoxy groups -OCH3 is 1. The molecule has 1 aliphatic heterocycles. The highest BCUT2D eigenvalue weighted by molar-refractivity contribution is 7.16. The fourth-order valence-corrected chi connectivity index (χ4v) is 3.87. The number of carboxylic acid groups (broad SMARTS) is 1. The molecule has 132 valence electrons. The minimum absolute atomic E-state index is 0.0222. The second-order valence-corrected chi connectivity index (χ2v) is 7.12. The van der Waals surface area contributed by atoms with Crippen molar-refractivity contribution in [2.24, 2.45) is 5.92 Å². The quantitative estimate of drug-likeness (QED) is 0.886. The van der Waals surface area contributed by atoms with Crippen molar-refractivity contribution in [2.75, 3.05) is 20.2 Å². The number of aliphatic carboxylic acids is 1. The van der Waals surface area contributed by atoms with E-state index in [0.29, 0.717) is 18.0 Å². The number of benzene rings is 1. The lowest BCUT2D eigenvalue weighted by atomic mass is 9.93. The van der Waals surface area contributed by atoms with Crippen molar-refractivity contribution in [3.8, 4) is 16.3 Å². The number of rotatable bonds is 5. The highest BCUT2D eigenvalue weighted by Gasteiger charge is 2.26. The van der Waals surface area contributed by atoms with E-state index in [1.807, 2.05) is 24.3 Å². The molecule has 25 heavy (non-hydrogen) atoms. The summed E-state index contributed by atoms with van der Waals surface area (Å²) in [5.41, 5.74) is 0.949. The highest BCUT2D eigenvalue weighted by atomic mass is 32.1. The van der Waals surface area contributed by atoms with E-state index < -0.39 is 5.97 Å². The minimum atomic E-state index is -0.767. The number of aromatic nitrogens is 1. The number of piperidine rings is 1. The Balaban J connectivity index is 1.64. The molecule has 0 aliphatic carbocycles. The Morgan fingerprint density at radius 2 is 1.96 bits per heavy atom. The van der Waals surface area contributed by atoms with Gasteiger partial charge in [-0.3, -0.25) is 9.59 Å². The Morgan fingerprint density at radius 1 is 1.28 bits per heavy atom. The molecule has 6 nitrogen and oxygen atoms in total. The predicted molar refractivity (Wildman–Crippen MR) is 95.0 cm³/mol. The zero-order valence-corrected chi connectivity index (χ0v) is 14.8. The van der Waals surface area contributed by atoms with Crippen LogP contribution in [-0.4, -0.2) is 47.1 Å². The molecule has 1 N–H and O–H groups in total. The molecule has 0 unspecified atom stereocenters. The Labute approximate surface area is 150 Å². The summed E-state index contributed by atoms with van der Waals surface area (Å²) in [5.74, 6) is 0.154. The lowest BCUT2D eigenvalue weighted by Crippen LogP contribution is -2.38. The summed E-state index contributed by atoms with van der Waals surface area (Å²) in [4.78, 5) is 30.2. The predicted octanol–water partition coefficient (Wildman–Crippen LogP) is 3.15. The molecule has 0 atom stereocenters. The second-order valence-electron chi connectivity index (χ2n) is 6.09. The van der Waals surface area contributed by atoms with Crippen molar-refractivity contribution in [1.82, 2.24) is 9.88 Å². The van der Waals surface area contributed by atoms with Crippen LogP contribution in [0.5, 0.6) is 5.75 Å². The van der Waals surface area contributed by atoms with Crippen molar-refractivity contribution < 1.29 is 19.4 Å². The van der Waals surface area contributed by atoms with Crippen LogP contribution in [0.15, 0.2) is 30.5 Å². The van der Waals surface area contributed by atoms with Gasteiger partial charge in [-0.1, -0.05) is 0 Å². The van der Waals surface area contributed by atoms with Gasteiger partial charge in [0, 0.05) is 25.1 Å². The summed E-state index contributed by atoms with van der Waals surface area (Å²) < 4.78 is 5.15. The van der Waals surface area contributed by atoms with E-state index in [-0.39, 0.29) is 18.2 Å². The van der Waals surface area contributed by atoms with Gasteiger partial charge >= 0.3 is 5.97 Å². The monoisotopic (exact) mass is 360 g/mol. The molecule has 1 aromatic carbocycles. The van der Waals surface area contributed by atoms with E-state index in [9.17, 15) is 9.59 Å². The normalized spacial score (nSPS) is 15.2. The van der Waals surface area contributed by atoms with Gasteiger partial charge in [-0.2, -0.15) is 0 Å². The van der Waals surface area contributed by atoms with Gasteiger partial charge in [0.25, 0.3) is 5.91 Å². The van der Waals surface area contributed by atoms with Crippen molar-refractivity contribution in [3.63, 3.8) is 0 Å². The van der Waals surface area contributed by atoms with Gasteiger partial charge in [0.1, 0.15) is 15.6 Å². The first kappa shape index (κ1) is 17.4. The zero-order chi connectivity index (χ0) is 17.8. The zero-order valence-electron chi connectivity index (χ0n) is 14.0. The highest BCUT2D eigenvalue weighted by Crippen LogP contribution is 2.29. The molecule has 2 aromatic rings. The SMILES string of the molecule is COc1ccc(-c2ncc(C(=O)N3CCC(CC(=O)O)CC3)s2)cc1. The number of thiazole rings is 1. The van der Waals surface area contributed by atoms with Gasteiger partial charge in [-0.05, 0) is 43.0 Å². The first-order valence-electron chi connectivity index (χ1n) is 8.18. The number of hydrogen-bond donors (Lipinski definition) is 1. The lowest BCUT2D eigenvalue weighted by molar-refractivity contribution is -0.138. The van der Waals surface area contributed by atoms with Crippen LogP contribution < -0.4 is 4.74 Å². The molecule has 1 saturated heterocycles. The average molecular weight is 360 g/mol. The molecule has 7 heteroatoms. The summed E-state index contributed by atoms with van der Waals surface area (Å²) in [7, 11) is 1.62. The van der Waals surface area contributed by atoms with Crippen LogP contribution in [0.25, 0.3) is 10.6 Å². The van der Waals surface area contributed by atoms with Crippen LogP contribution in [0.2, 0.25) is 0 Å². The number of carbonyl (C=O) groups excluding carboxylic acids is 1. The van der Waals surface area contributed by atoms with Crippen molar-refractivity contribution >= 4 is 23.2 Å². The maximum atomic E-state index is 12.6. The standard InChI is InChI=1S/C18H20N2O4S/c1-24-14-4-2-13(3-5-14)17-19-11-15(25-17)18(23)20-8-6-12(7-9-20)10-16(21)22/h2-5,11-12H,6-10H2,1H3,(H,21,22). The van der Waals surface area contributed by atoms with Crippen LogP contribution >= 0.6 is 11.3 Å². The van der Waals surface area contributed by atoms with Crippen LogP contribution in [0.4, 0.5) is 0 Å². The largest absolute Gasteiger partial charge is 0.497 e. The summed E-state index contributed by atoms with van der Waals surface area (Å²) in [6.45, 7) is 1.21. The average Bonchev–Trinajstić information content (AvgIpc) is 3.11. The topological polar surface area (TPSA) is 79.7 Å². The van der Waals surface area contributed by atoms with E-state index in [1.165, 1.54) is 11.3 Å². The maximum Gasteiger partial charge on any atom is 0.303 e.